The minimum atomic E-state index is -4.71. The van der Waals surface area contributed by atoms with Crippen LogP contribution >= 0.6 is 24.0 Å². The first kappa shape index (κ1) is 20.0. The number of aliphatic imine (C=N–C) groups is 1. The van der Waals surface area contributed by atoms with E-state index in [0.717, 1.165) is 5.56 Å². The second-order valence-electron chi connectivity index (χ2n) is 4.58. The molecule has 0 saturated carbocycles. The van der Waals surface area contributed by atoms with Crippen molar-refractivity contribution in [2.75, 3.05) is 11.9 Å². The van der Waals surface area contributed by atoms with Gasteiger partial charge in [0.1, 0.15) is 5.75 Å². The molecule has 0 amide bonds. The minimum Gasteiger partial charge on any atom is -0.406 e. The predicted molar refractivity (Wildman–Crippen MR) is 96.6 cm³/mol. The molecule has 0 saturated heterocycles. The average Bonchev–Trinajstić information content (AvgIpc) is 2.49. The van der Waals surface area contributed by atoms with Gasteiger partial charge in [-0.05, 0) is 42.3 Å². The van der Waals surface area contributed by atoms with E-state index in [2.05, 4.69) is 20.0 Å². The van der Waals surface area contributed by atoms with Crippen LogP contribution in [0.15, 0.2) is 53.8 Å². The molecular formula is C15H16F3IN4O. The number of alkyl halides is 3. The summed E-state index contributed by atoms with van der Waals surface area (Å²) in [4.78, 5) is 8.14. The molecular weight excluding hydrogens is 436 g/mol. The third-order valence-corrected chi connectivity index (χ3v) is 2.77. The third-order valence-electron chi connectivity index (χ3n) is 2.77. The van der Waals surface area contributed by atoms with Crippen LogP contribution in [0.3, 0.4) is 0 Å². The molecule has 2 rings (SSSR count). The molecule has 0 aliphatic heterocycles. The zero-order valence-corrected chi connectivity index (χ0v) is 14.8. The normalized spacial score (nSPS) is 11.5. The Morgan fingerprint density at radius 3 is 2.50 bits per heavy atom. The Bertz CT molecular complexity index is 648. The maximum atomic E-state index is 12.0. The van der Waals surface area contributed by atoms with Crippen LogP contribution in [-0.4, -0.2) is 23.9 Å². The summed E-state index contributed by atoms with van der Waals surface area (Å²) in [5.74, 6) is -0.117. The van der Waals surface area contributed by atoms with Gasteiger partial charge in [0, 0.05) is 24.6 Å². The van der Waals surface area contributed by atoms with Crippen LogP contribution in [0.25, 0.3) is 0 Å². The van der Waals surface area contributed by atoms with Gasteiger partial charge in [0.25, 0.3) is 0 Å². The van der Waals surface area contributed by atoms with E-state index in [4.69, 9.17) is 5.73 Å². The van der Waals surface area contributed by atoms with Crippen LogP contribution < -0.4 is 15.8 Å². The van der Waals surface area contributed by atoms with E-state index in [-0.39, 0.29) is 35.7 Å². The fourth-order valence-electron chi connectivity index (χ4n) is 1.78. The van der Waals surface area contributed by atoms with Gasteiger partial charge in [-0.15, -0.1) is 37.1 Å². The number of ether oxygens (including phenoxy) is 1. The van der Waals surface area contributed by atoms with Gasteiger partial charge < -0.3 is 15.8 Å². The fraction of sp³-hybridized carbons (Fsp3) is 0.200. The lowest BCUT2D eigenvalue weighted by Crippen LogP contribution is -2.23. The fourth-order valence-corrected chi connectivity index (χ4v) is 1.78. The summed E-state index contributed by atoms with van der Waals surface area (Å²) in [5, 5.41) is 2.79. The minimum absolute atomic E-state index is 0. The lowest BCUT2D eigenvalue weighted by Gasteiger charge is -2.10. The Labute approximate surface area is 154 Å². The maximum absolute atomic E-state index is 12.0. The van der Waals surface area contributed by atoms with Gasteiger partial charge >= 0.3 is 6.36 Å². The van der Waals surface area contributed by atoms with Crippen LogP contribution in [0.5, 0.6) is 5.75 Å². The van der Waals surface area contributed by atoms with E-state index >= 15 is 0 Å². The summed E-state index contributed by atoms with van der Waals surface area (Å²) in [6.07, 6.45) is -0.580. The number of nitrogens with one attached hydrogen (secondary N) is 1. The highest BCUT2D eigenvalue weighted by molar-refractivity contribution is 14.0. The number of anilines is 1. The second-order valence-corrected chi connectivity index (χ2v) is 4.58. The van der Waals surface area contributed by atoms with Gasteiger partial charge in [0.2, 0.25) is 0 Å². The summed E-state index contributed by atoms with van der Waals surface area (Å²) < 4.78 is 39.9. The van der Waals surface area contributed by atoms with Crippen LogP contribution in [-0.2, 0) is 6.42 Å². The highest BCUT2D eigenvalue weighted by Crippen LogP contribution is 2.23. The monoisotopic (exact) mass is 452 g/mol. The molecule has 1 heterocycles. The largest absolute Gasteiger partial charge is 0.573 e. The molecule has 0 aliphatic rings. The van der Waals surface area contributed by atoms with Crippen molar-refractivity contribution in [2.45, 2.75) is 12.8 Å². The van der Waals surface area contributed by atoms with Crippen molar-refractivity contribution in [3.05, 3.63) is 54.4 Å². The number of nitrogens with zero attached hydrogens (tertiary/aromatic N) is 2. The Balaban J connectivity index is 0.00000288. The van der Waals surface area contributed by atoms with Crippen molar-refractivity contribution < 1.29 is 17.9 Å². The van der Waals surface area contributed by atoms with E-state index in [9.17, 15) is 13.2 Å². The summed E-state index contributed by atoms with van der Waals surface area (Å²) >= 11 is 0. The molecule has 5 nitrogen and oxygen atoms in total. The number of aromatic nitrogens is 1. The molecule has 0 aliphatic carbocycles. The van der Waals surface area contributed by atoms with Crippen molar-refractivity contribution in [3.63, 3.8) is 0 Å². The SMILES string of the molecule is I.NC(=NCCc1cccnc1)Nc1ccc(OC(F)(F)F)cc1. The van der Waals surface area contributed by atoms with Crippen LogP contribution in [0, 0.1) is 0 Å². The molecule has 0 unspecified atom stereocenters. The van der Waals surface area contributed by atoms with Crippen LogP contribution in [0.1, 0.15) is 5.56 Å². The molecule has 0 fully saturated rings. The number of guanidine groups is 1. The second kappa shape index (κ2) is 9.30. The number of hydrogen-bond donors (Lipinski definition) is 2. The van der Waals surface area contributed by atoms with Gasteiger partial charge in [0.15, 0.2) is 5.96 Å². The first-order valence-electron chi connectivity index (χ1n) is 6.74. The molecule has 24 heavy (non-hydrogen) atoms. The number of halogens is 4. The number of benzene rings is 1. The molecule has 0 atom stereocenters. The molecule has 2 aromatic rings. The van der Waals surface area contributed by atoms with Crippen molar-refractivity contribution in [3.8, 4) is 5.75 Å². The van der Waals surface area contributed by atoms with Gasteiger partial charge in [-0.3, -0.25) is 9.98 Å². The Morgan fingerprint density at radius 1 is 1.21 bits per heavy atom. The van der Waals surface area contributed by atoms with Gasteiger partial charge in [-0.2, -0.15) is 0 Å². The van der Waals surface area contributed by atoms with Gasteiger partial charge in [0.05, 0.1) is 0 Å². The van der Waals surface area contributed by atoms with E-state index in [1.54, 1.807) is 12.4 Å². The first-order chi connectivity index (χ1) is 10.9. The van der Waals surface area contributed by atoms with Crippen molar-refractivity contribution in [1.29, 1.82) is 0 Å². The highest BCUT2D eigenvalue weighted by Gasteiger charge is 2.30. The standard InChI is InChI=1S/C15H15F3N4O.HI/c16-15(17,18)23-13-5-3-12(4-6-13)22-14(19)21-9-7-11-2-1-8-20-10-11;/h1-6,8,10H,7,9H2,(H3,19,21,22);1H. The molecule has 3 N–H and O–H groups in total. The topological polar surface area (TPSA) is 72.5 Å². The first-order valence-corrected chi connectivity index (χ1v) is 6.74. The molecule has 0 radical (unpaired) electrons. The van der Waals surface area contributed by atoms with Crippen molar-refractivity contribution in [2.24, 2.45) is 10.7 Å². The quantitative estimate of drug-likeness (QED) is 0.414. The summed E-state index contributed by atoms with van der Waals surface area (Å²) in [6.45, 7) is 0.472. The lowest BCUT2D eigenvalue weighted by molar-refractivity contribution is -0.274. The van der Waals surface area contributed by atoms with Crippen molar-refractivity contribution >= 4 is 35.6 Å². The van der Waals surface area contributed by atoms with Gasteiger partial charge in [-0.25, -0.2) is 0 Å². The summed E-state index contributed by atoms with van der Waals surface area (Å²) in [5.41, 5.74) is 7.28. The smallest absolute Gasteiger partial charge is 0.406 e. The Hall–Kier alpha value is -2.04. The Kier molecular flexibility index (Phi) is 7.75. The Morgan fingerprint density at radius 2 is 1.92 bits per heavy atom. The zero-order valence-electron chi connectivity index (χ0n) is 12.5. The predicted octanol–water partition coefficient (Wildman–Crippen LogP) is 3.57. The number of nitrogens with two attached hydrogens (primary N) is 1. The van der Waals surface area contributed by atoms with E-state index in [0.29, 0.717) is 18.7 Å². The van der Waals surface area contributed by atoms with Gasteiger partial charge in [-0.1, -0.05) is 6.07 Å². The number of rotatable bonds is 5. The van der Waals surface area contributed by atoms with Crippen molar-refractivity contribution in [1.82, 2.24) is 4.98 Å². The molecule has 130 valence electrons. The number of pyridine rings is 1. The lowest BCUT2D eigenvalue weighted by atomic mass is 10.2. The molecule has 1 aromatic heterocycles. The molecule has 0 spiro atoms. The highest BCUT2D eigenvalue weighted by atomic mass is 127. The summed E-state index contributed by atoms with van der Waals surface area (Å²) in [7, 11) is 0. The van der Waals surface area contributed by atoms with E-state index in [1.165, 1.54) is 24.3 Å². The summed E-state index contributed by atoms with van der Waals surface area (Å²) in [6, 6.07) is 9.00. The third kappa shape index (κ3) is 7.49. The average molecular weight is 452 g/mol. The van der Waals surface area contributed by atoms with E-state index in [1.807, 2.05) is 12.1 Å². The molecule has 1 aromatic carbocycles. The maximum Gasteiger partial charge on any atom is 0.573 e. The molecule has 0 bridgehead atoms. The zero-order chi connectivity index (χ0) is 16.7. The van der Waals surface area contributed by atoms with Crippen LogP contribution in [0.4, 0.5) is 18.9 Å². The molecule has 9 heteroatoms. The van der Waals surface area contributed by atoms with Crippen LogP contribution in [0.2, 0.25) is 0 Å². The number of hydrogen-bond acceptors (Lipinski definition) is 3. The van der Waals surface area contributed by atoms with E-state index < -0.39 is 6.36 Å².